The molecule has 5 rings (SSSR count). The van der Waals surface area contributed by atoms with E-state index in [1.54, 1.807) is 0 Å². The van der Waals surface area contributed by atoms with Crippen LogP contribution in [-0.2, 0) is 0 Å². The van der Waals surface area contributed by atoms with Crippen LogP contribution in [0.5, 0.6) is 0 Å². The summed E-state index contributed by atoms with van der Waals surface area (Å²) in [6.07, 6.45) is 7.53. The molecule has 148 valence electrons. The minimum atomic E-state index is 0.648. The smallest absolute Gasteiger partial charge is 0.181 e. The number of nitriles is 1. The lowest BCUT2D eigenvalue weighted by atomic mass is 10.0. The molecule has 0 bridgehead atoms. The molecule has 0 unspecified atom stereocenters. The number of hydrogen-bond donors (Lipinski definition) is 0. The van der Waals surface area contributed by atoms with Crippen molar-refractivity contribution < 1.29 is 0 Å². The molecule has 0 spiro atoms. The highest BCUT2D eigenvalue weighted by atomic mass is 15.2. The first-order valence-electron chi connectivity index (χ1n) is 10.4. The number of fused-ring (bicyclic) bond motifs is 1. The molecule has 5 heteroatoms. The Kier molecular flexibility index (Phi) is 4.68. The van der Waals surface area contributed by atoms with Crippen LogP contribution >= 0.6 is 0 Å². The molecule has 2 aromatic carbocycles. The van der Waals surface area contributed by atoms with Crippen LogP contribution in [0.15, 0.2) is 60.9 Å². The van der Waals surface area contributed by atoms with Crippen LogP contribution in [0.25, 0.3) is 28.2 Å². The van der Waals surface area contributed by atoms with E-state index in [4.69, 9.17) is 15.2 Å². The predicted octanol–water partition coefficient (Wildman–Crippen LogP) is 5.23. The van der Waals surface area contributed by atoms with Crippen LogP contribution in [0, 0.1) is 18.3 Å². The molecule has 0 atom stereocenters. The van der Waals surface area contributed by atoms with E-state index in [0.717, 1.165) is 47.1 Å². The van der Waals surface area contributed by atoms with Crippen LogP contribution in [0.2, 0.25) is 0 Å². The number of piperidine rings is 1. The van der Waals surface area contributed by atoms with Crippen LogP contribution < -0.4 is 4.90 Å². The largest absolute Gasteiger partial charge is 0.354 e. The lowest BCUT2D eigenvalue weighted by Crippen LogP contribution is -2.30. The van der Waals surface area contributed by atoms with Crippen molar-refractivity contribution in [2.45, 2.75) is 26.2 Å². The van der Waals surface area contributed by atoms with Gasteiger partial charge in [0.2, 0.25) is 0 Å². The van der Waals surface area contributed by atoms with Gasteiger partial charge in [-0.05, 0) is 38.3 Å². The number of imidazole rings is 1. The Morgan fingerprint density at radius 2 is 1.60 bits per heavy atom. The summed E-state index contributed by atoms with van der Waals surface area (Å²) in [6.45, 7) is 4.13. The van der Waals surface area contributed by atoms with Gasteiger partial charge in [0.05, 0.1) is 23.0 Å². The van der Waals surface area contributed by atoms with Gasteiger partial charge in [-0.15, -0.1) is 0 Å². The second-order valence-electron chi connectivity index (χ2n) is 7.86. The Bertz CT molecular complexity index is 1220. The number of aromatic nitrogens is 3. The lowest BCUT2D eigenvalue weighted by molar-refractivity contribution is 0.574. The molecule has 30 heavy (non-hydrogen) atoms. The Balaban J connectivity index is 1.75. The van der Waals surface area contributed by atoms with E-state index < -0.39 is 0 Å². The lowest BCUT2D eigenvalue weighted by Gasteiger charge is -2.27. The van der Waals surface area contributed by atoms with Gasteiger partial charge in [-0.3, -0.25) is 4.40 Å². The minimum absolute atomic E-state index is 0.648. The van der Waals surface area contributed by atoms with Crippen LogP contribution in [0.3, 0.4) is 0 Å². The maximum absolute atomic E-state index is 9.17. The van der Waals surface area contributed by atoms with Gasteiger partial charge in [0.25, 0.3) is 0 Å². The molecule has 0 amide bonds. The molecule has 4 aromatic rings. The van der Waals surface area contributed by atoms with Crippen LogP contribution in [0.1, 0.15) is 30.4 Å². The van der Waals surface area contributed by atoms with E-state index in [1.165, 1.54) is 24.8 Å². The quantitative estimate of drug-likeness (QED) is 0.478. The van der Waals surface area contributed by atoms with E-state index in [1.807, 2.05) is 36.7 Å². The van der Waals surface area contributed by atoms with Gasteiger partial charge in [0.1, 0.15) is 0 Å². The molecule has 2 aromatic heterocycles. The average Bonchev–Trinajstić information content (AvgIpc) is 3.20. The third-order valence-corrected chi connectivity index (χ3v) is 5.79. The van der Waals surface area contributed by atoms with E-state index in [0.29, 0.717) is 5.56 Å². The Morgan fingerprint density at radius 1 is 0.900 bits per heavy atom. The standard InChI is InChI=1S/C25H23N5/c1-18-5-9-21(10-6-18)23-22(20-11-7-19(17-26)8-12-20)28-25-24(27-13-16-30(23)25)29-14-3-2-4-15-29/h5-13,16H,2-4,14-15H2,1H3. The summed E-state index contributed by atoms with van der Waals surface area (Å²) in [5.74, 6) is 0.949. The summed E-state index contributed by atoms with van der Waals surface area (Å²) < 4.78 is 2.16. The molecule has 5 nitrogen and oxygen atoms in total. The minimum Gasteiger partial charge on any atom is -0.354 e. The van der Waals surface area contributed by atoms with Crippen molar-refractivity contribution >= 4 is 11.5 Å². The highest BCUT2D eigenvalue weighted by molar-refractivity contribution is 5.85. The Labute approximate surface area is 176 Å². The summed E-state index contributed by atoms with van der Waals surface area (Å²) >= 11 is 0. The van der Waals surface area contributed by atoms with E-state index in [9.17, 15) is 0 Å². The number of aryl methyl sites for hydroxylation is 1. The maximum atomic E-state index is 9.17. The fraction of sp³-hybridized carbons (Fsp3) is 0.240. The number of nitrogens with zero attached hydrogens (tertiary/aromatic N) is 5. The van der Waals surface area contributed by atoms with Gasteiger partial charge in [0.15, 0.2) is 11.5 Å². The van der Waals surface area contributed by atoms with Crippen molar-refractivity contribution in [2.75, 3.05) is 18.0 Å². The van der Waals surface area contributed by atoms with E-state index in [2.05, 4.69) is 46.6 Å². The predicted molar refractivity (Wildman–Crippen MR) is 119 cm³/mol. The van der Waals surface area contributed by atoms with Gasteiger partial charge >= 0.3 is 0 Å². The number of benzene rings is 2. The first kappa shape index (κ1) is 18.4. The molecular weight excluding hydrogens is 370 g/mol. The monoisotopic (exact) mass is 393 g/mol. The van der Waals surface area contributed by atoms with E-state index >= 15 is 0 Å². The topological polar surface area (TPSA) is 57.2 Å². The highest BCUT2D eigenvalue weighted by Crippen LogP contribution is 2.35. The molecule has 0 N–H and O–H groups in total. The molecule has 0 radical (unpaired) electrons. The summed E-state index contributed by atoms with van der Waals surface area (Å²) in [4.78, 5) is 12.2. The molecule has 0 saturated carbocycles. The zero-order valence-corrected chi connectivity index (χ0v) is 17.0. The molecular formula is C25H23N5. The summed E-state index contributed by atoms with van der Waals surface area (Å²) in [5, 5.41) is 9.17. The van der Waals surface area contributed by atoms with Crippen LogP contribution in [-0.4, -0.2) is 27.5 Å². The van der Waals surface area contributed by atoms with Crippen molar-refractivity contribution in [3.05, 3.63) is 72.1 Å². The summed E-state index contributed by atoms with van der Waals surface area (Å²) in [5.41, 5.74) is 6.83. The SMILES string of the molecule is Cc1ccc(-c2c(-c3ccc(C#N)cc3)nc3c(N4CCCCC4)nccn23)cc1. The fourth-order valence-electron chi connectivity index (χ4n) is 4.18. The van der Waals surface area contributed by atoms with Crippen molar-refractivity contribution in [1.29, 1.82) is 5.26 Å². The number of anilines is 1. The normalized spacial score (nSPS) is 14.1. The van der Waals surface area contributed by atoms with E-state index in [-0.39, 0.29) is 0 Å². The summed E-state index contributed by atoms with van der Waals surface area (Å²) in [7, 11) is 0. The third kappa shape index (κ3) is 3.21. The Morgan fingerprint density at radius 3 is 2.30 bits per heavy atom. The molecule has 1 aliphatic rings. The maximum Gasteiger partial charge on any atom is 0.181 e. The number of hydrogen-bond acceptors (Lipinski definition) is 4. The zero-order valence-electron chi connectivity index (χ0n) is 17.0. The van der Waals surface area contributed by atoms with Crippen molar-refractivity contribution in [1.82, 2.24) is 14.4 Å². The first-order valence-corrected chi connectivity index (χ1v) is 10.4. The Hall–Kier alpha value is -3.65. The average molecular weight is 393 g/mol. The number of rotatable bonds is 3. The van der Waals surface area contributed by atoms with Gasteiger partial charge in [-0.1, -0.05) is 42.0 Å². The highest BCUT2D eigenvalue weighted by Gasteiger charge is 2.22. The molecule has 1 fully saturated rings. The van der Waals surface area contributed by atoms with Crippen molar-refractivity contribution in [3.63, 3.8) is 0 Å². The van der Waals surface area contributed by atoms with Crippen molar-refractivity contribution in [3.8, 4) is 28.6 Å². The first-order chi connectivity index (χ1) is 14.7. The van der Waals surface area contributed by atoms with Gasteiger partial charge in [-0.2, -0.15) is 5.26 Å². The second-order valence-corrected chi connectivity index (χ2v) is 7.86. The molecule has 1 saturated heterocycles. The summed E-state index contributed by atoms with van der Waals surface area (Å²) in [6, 6.07) is 18.4. The van der Waals surface area contributed by atoms with Crippen LogP contribution in [0.4, 0.5) is 5.82 Å². The van der Waals surface area contributed by atoms with Crippen molar-refractivity contribution in [2.24, 2.45) is 0 Å². The van der Waals surface area contributed by atoms with Gasteiger partial charge < -0.3 is 4.90 Å². The van der Waals surface area contributed by atoms with Gasteiger partial charge in [-0.25, -0.2) is 9.97 Å². The third-order valence-electron chi connectivity index (χ3n) is 5.79. The van der Waals surface area contributed by atoms with Gasteiger partial charge in [0, 0.05) is 36.6 Å². The second kappa shape index (κ2) is 7.64. The fourth-order valence-corrected chi connectivity index (χ4v) is 4.18. The molecule has 0 aliphatic carbocycles. The molecule has 3 heterocycles. The molecule has 1 aliphatic heterocycles. The zero-order chi connectivity index (χ0) is 20.5.